The maximum absolute atomic E-state index is 10.0. The van der Waals surface area contributed by atoms with Gasteiger partial charge in [0.25, 0.3) is 0 Å². The summed E-state index contributed by atoms with van der Waals surface area (Å²) in [6, 6.07) is 9.87. The summed E-state index contributed by atoms with van der Waals surface area (Å²) in [6.07, 6.45) is 1.40. The van der Waals surface area contributed by atoms with Crippen LogP contribution < -0.4 is 0 Å². The van der Waals surface area contributed by atoms with Gasteiger partial charge in [0.2, 0.25) is 0 Å². The third-order valence-electron chi connectivity index (χ3n) is 1.58. The van der Waals surface area contributed by atoms with Crippen molar-refractivity contribution in [2.75, 3.05) is 0 Å². The zero-order chi connectivity index (χ0) is 9.52. The van der Waals surface area contributed by atoms with E-state index < -0.39 is 5.97 Å². The second-order valence-corrected chi connectivity index (χ2v) is 2.59. The Hall–Kier alpha value is -1.75. The summed E-state index contributed by atoms with van der Waals surface area (Å²) in [7, 11) is 0. The van der Waals surface area contributed by atoms with Crippen molar-refractivity contribution in [3.63, 3.8) is 0 Å². The first kappa shape index (κ1) is 9.34. The molecule has 0 amide bonds. The summed E-state index contributed by atoms with van der Waals surface area (Å²) in [5, 5.41) is 8.24. The molecule has 2 nitrogen and oxygen atoms in total. The largest absolute Gasteiger partial charge is 0.472 e. The van der Waals surface area contributed by atoms with Gasteiger partial charge in [-0.2, -0.15) is 0 Å². The molecule has 0 atom stereocenters. The number of benzene rings is 1. The van der Waals surface area contributed by atoms with Crippen molar-refractivity contribution in [2.24, 2.45) is 0 Å². The molecule has 2 heteroatoms. The smallest absolute Gasteiger partial charge is 0.381 e. The van der Waals surface area contributed by atoms with Crippen LogP contribution in [0.2, 0.25) is 0 Å². The Kier molecular flexibility index (Phi) is 3.59. The highest BCUT2D eigenvalue weighted by atomic mass is 16.4. The Morgan fingerprint density at radius 2 is 2.00 bits per heavy atom. The molecule has 0 aliphatic carbocycles. The van der Waals surface area contributed by atoms with Crippen LogP contribution >= 0.6 is 0 Å². The van der Waals surface area contributed by atoms with Crippen molar-refractivity contribution in [2.45, 2.75) is 12.8 Å². The van der Waals surface area contributed by atoms with E-state index in [1.54, 1.807) is 0 Å². The van der Waals surface area contributed by atoms with Gasteiger partial charge in [0, 0.05) is 12.3 Å². The van der Waals surface area contributed by atoms with Crippen LogP contribution in [0.1, 0.15) is 12.0 Å². The monoisotopic (exact) mass is 174 g/mol. The van der Waals surface area contributed by atoms with Crippen molar-refractivity contribution in [1.29, 1.82) is 0 Å². The van der Waals surface area contributed by atoms with E-state index in [1.165, 1.54) is 5.56 Å². The third kappa shape index (κ3) is 3.97. The fourth-order valence-electron chi connectivity index (χ4n) is 0.990. The lowest BCUT2D eigenvalue weighted by atomic mass is 10.1. The van der Waals surface area contributed by atoms with Crippen molar-refractivity contribution in [3.05, 3.63) is 35.9 Å². The summed E-state index contributed by atoms with van der Waals surface area (Å²) >= 11 is 0. The zero-order valence-corrected chi connectivity index (χ0v) is 7.16. The van der Waals surface area contributed by atoms with Crippen molar-refractivity contribution in [1.82, 2.24) is 0 Å². The number of hydrogen-bond donors (Lipinski definition) is 1. The van der Waals surface area contributed by atoms with Gasteiger partial charge in [-0.05, 0) is 12.0 Å². The molecule has 13 heavy (non-hydrogen) atoms. The number of aryl methyl sites for hydroxylation is 1. The molecule has 0 aliphatic heterocycles. The van der Waals surface area contributed by atoms with Gasteiger partial charge in [0.1, 0.15) is 0 Å². The Labute approximate surface area is 77.2 Å². The summed E-state index contributed by atoms with van der Waals surface area (Å²) in [4.78, 5) is 10.0. The predicted octanol–water partition coefficient (Wildman–Crippen LogP) is 1.71. The summed E-state index contributed by atoms with van der Waals surface area (Å²) in [6.45, 7) is 0. The van der Waals surface area contributed by atoms with Crippen LogP contribution in [-0.4, -0.2) is 11.1 Å². The Morgan fingerprint density at radius 1 is 1.31 bits per heavy atom. The van der Waals surface area contributed by atoms with E-state index in [4.69, 9.17) is 5.11 Å². The minimum atomic E-state index is -1.06. The van der Waals surface area contributed by atoms with Gasteiger partial charge >= 0.3 is 5.97 Å². The van der Waals surface area contributed by atoms with Gasteiger partial charge in [0.05, 0.1) is 0 Å². The highest BCUT2D eigenvalue weighted by molar-refractivity contribution is 5.86. The minimum absolute atomic E-state index is 0.594. The second-order valence-electron chi connectivity index (χ2n) is 2.59. The van der Waals surface area contributed by atoms with Gasteiger partial charge in [-0.1, -0.05) is 36.3 Å². The summed E-state index contributed by atoms with van der Waals surface area (Å²) in [5.41, 5.74) is 1.18. The van der Waals surface area contributed by atoms with E-state index in [1.807, 2.05) is 30.3 Å². The maximum atomic E-state index is 10.0. The van der Waals surface area contributed by atoms with E-state index >= 15 is 0 Å². The first-order valence-corrected chi connectivity index (χ1v) is 4.05. The van der Waals surface area contributed by atoms with E-state index in [0.29, 0.717) is 6.42 Å². The molecule has 0 bridgehead atoms. The lowest BCUT2D eigenvalue weighted by molar-refractivity contribution is -0.130. The average Bonchev–Trinajstić information content (AvgIpc) is 2.14. The lowest BCUT2D eigenvalue weighted by Crippen LogP contribution is -1.87. The summed E-state index contributed by atoms with van der Waals surface area (Å²) < 4.78 is 0. The Balaban J connectivity index is 2.37. The topological polar surface area (TPSA) is 37.3 Å². The molecule has 0 fully saturated rings. The van der Waals surface area contributed by atoms with E-state index in [2.05, 4.69) is 11.8 Å². The number of hydrogen-bond acceptors (Lipinski definition) is 1. The standard InChI is InChI=1S/C11H10O2/c12-11(13)9-5-4-8-10-6-2-1-3-7-10/h1-3,6-7H,4,8H2,(H,12,13). The van der Waals surface area contributed by atoms with E-state index in [-0.39, 0.29) is 0 Å². The number of carbonyl (C=O) groups is 1. The molecule has 0 saturated heterocycles. The molecule has 0 heterocycles. The fraction of sp³-hybridized carbons (Fsp3) is 0.182. The minimum Gasteiger partial charge on any atom is -0.472 e. The molecule has 0 spiro atoms. The number of carboxylic acids is 1. The average molecular weight is 174 g/mol. The molecule has 1 rings (SSSR count). The molecule has 0 saturated carbocycles. The molecule has 0 aromatic heterocycles. The number of aliphatic carboxylic acids is 1. The predicted molar refractivity (Wildman–Crippen MR) is 50.2 cm³/mol. The van der Waals surface area contributed by atoms with E-state index in [9.17, 15) is 4.79 Å². The van der Waals surface area contributed by atoms with Crippen LogP contribution in [-0.2, 0) is 11.2 Å². The SMILES string of the molecule is O=C(O)C#CCCc1ccccc1. The highest BCUT2D eigenvalue weighted by Crippen LogP contribution is 2.00. The van der Waals surface area contributed by atoms with Gasteiger partial charge in [-0.3, -0.25) is 0 Å². The number of carboxylic acid groups (broad SMARTS) is 1. The molecule has 0 radical (unpaired) electrons. The first-order valence-electron chi connectivity index (χ1n) is 4.05. The summed E-state index contributed by atoms with van der Waals surface area (Å²) in [5.74, 6) is 3.60. The third-order valence-corrected chi connectivity index (χ3v) is 1.58. The molecule has 1 aromatic carbocycles. The van der Waals surface area contributed by atoms with Crippen LogP contribution in [0.15, 0.2) is 30.3 Å². The number of rotatable bonds is 2. The normalized spacial score (nSPS) is 8.62. The fourth-order valence-corrected chi connectivity index (χ4v) is 0.990. The Bertz CT molecular complexity index is 330. The van der Waals surface area contributed by atoms with E-state index in [0.717, 1.165) is 6.42 Å². The van der Waals surface area contributed by atoms with Gasteiger partial charge < -0.3 is 5.11 Å². The first-order chi connectivity index (χ1) is 6.29. The molecule has 0 aliphatic rings. The van der Waals surface area contributed by atoms with Gasteiger partial charge in [0.15, 0.2) is 0 Å². The molecular formula is C11H10O2. The zero-order valence-electron chi connectivity index (χ0n) is 7.16. The molecule has 0 unspecified atom stereocenters. The van der Waals surface area contributed by atoms with Crippen molar-refractivity contribution >= 4 is 5.97 Å². The molecule has 1 aromatic rings. The van der Waals surface area contributed by atoms with Crippen LogP contribution in [0, 0.1) is 11.8 Å². The molecular weight excluding hydrogens is 164 g/mol. The quantitative estimate of drug-likeness (QED) is 0.693. The van der Waals surface area contributed by atoms with Crippen LogP contribution in [0.25, 0.3) is 0 Å². The van der Waals surface area contributed by atoms with Gasteiger partial charge in [-0.15, -0.1) is 0 Å². The molecule has 66 valence electrons. The maximum Gasteiger partial charge on any atom is 0.381 e. The van der Waals surface area contributed by atoms with Crippen molar-refractivity contribution in [3.8, 4) is 11.8 Å². The van der Waals surface area contributed by atoms with Crippen LogP contribution in [0.3, 0.4) is 0 Å². The Morgan fingerprint density at radius 3 is 2.62 bits per heavy atom. The highest BCUT2D eigenvalue weighted by Gasteiger charge is 1.88. The van der Waals surface area contributed by atoms with Crippen molar-refractivity contribution < 1.29 is 9.90 Å². The second kappa shape index (κ2) is 5.00. The molecule has 1 N–H and O–H groups in total. The van der Waals surface area contributed by atoms with Crippen LogP contribution in [0.5, 0.6) is 0 Å². The van der Waals surface area contributed by atoms with Crippen LogP contribution in [0.4, 0.5) is 0 Å². The van der Waals surface area contributed by atoms with Gasteiger partial charge in [-0.25, -0.2) is 4.79 Å². The lowest BCUT2D eigenvalue weighted by Gasteiger charge is -1.93.